The lowest BCUT2D eigenvalue weighted by Crippen LogP contribution is -2.42. The van der Waals surface area contributed by atoms with Gasteiger partial charge in [0, 0.05) is 6.07 Å². The van der Waals surface area contributed by atoms with E-state index in [2.05, 4.69) is 19.2 Å². The van der Waals surface area contributed by atoms with Gasteiger partial charge < -0.3 is 14.8 Å². The minimum atomic E-state index is -4.13. The Morgan fingerprint density at radius 1 is 0.892 bits per heavy atom. The largest absolute Gasteiger partial charge is 0.493 e. The van der Waals surface area contributed by atoms with Crippen molar-refractivity contribution in [2.45, 2.75) is 45.1 Å². The molecule has 0 saturated heterocycles. The number of hydrogen-bond donors (Lipinski definition) is 1. The van der Waals surface area contributed by atoms with E-state index in [0.717, 1.165) is 27.4 Å². The summed E-state index contributed by atoms with van der Waals surface area (Å²) in [5.74, 6) is 0.639. The molecular formula is C29H36N2O5S. The average molecular weight is 525 g/mol. The summed E-state index contributed by atoms with van der Waals surface area (Å²) in [6, 6.07) is 19.4. The number of nitrogens with one attached hydrogen (secondary N) is 1. The Bertz CT molecular complexity index is 1300. The van der Waals surface area contributed by atoms with Crippen molar-refractivity contribution in [2.24, 2.45) is 5.92 Å². The number of anilines is 1. The maximum atomic E-state index is 13.9. The molecule has 0 aromatic heterocycles. The Morgan fingerprint density at radius 3 is 2.08 bits per heavy atom. The van der Waals surface area contributed by atoms with E-state index >= 15 is 0 Å². The quantitative estimate of drug-likeness (QED) is 0.362. The van der Waals surface area contributed by atoms with Crippen LogP contribution in [0.25, 0.3) is 0 Å². The molecule has 0 aliphatic rings. The number of hydrogen-bond acceptors (Lipinski definition) is 5. The fraction of sp³-hybridized carbons (Fsp3) is 0.345. The van der Waals surface area contributed by atoms with Crippen LogP contribution in [0.2, 0.25) is 0 Å². The van der Waals surface area contributed by atoms with Crippen LogP contribution in [0.4, 0.5) is 5.69 Å². The molecule has 0 radical (unpaired) electrons. The zero-order chi connectivity index (χ0) is 27.2. The number of amides is 1. The maximum absolute atomic E-state index is 13.9. The van der Waals surface area contributed by atoms with E-state index in [-0.39, 0.29) is 23.2 Å². The van der Waals surface area contributed by atoms with Crippen molar-refractivity contribution >= 4 is 21.6 Å². The van der Waals surface area contributed by atoms with Crippen molar-refractivity contribution in [1.29, 1.82) is 0 Å². The number of carbonyl (C=O) groups is 1. The molecule has 0 spiro atoms. The monoisotopic (exact) mass is 524 g/mol. The molecule has 0 aliphatic carbocycles. The van der Waals surface area contributed by atoms with Crippen LogP contribution >= 0.6 is 0 Å². The molecular weight excluding hydrogens is 488 g/mol. The third-order valence-electron chi connectivity index (χ3n) is 5.97. The fourth-order valence-corrected chi connectivity index (χ4v) is 5.74. The van der Waals surface area contributed by atoms with Crippen LogP contribution in [0.1, 0.15) is 43.0 Å². The highest BCUT2D eigenvalue weighted by atomic mass is 32.2. The summed E-state index contributed by atoms with van der Waals surface area (Å²) < 4.78 is 39.6. The van der Waals surface area contributed by atoms with Crippen LogP contribution < -0.4 is 19.1 Å². The molecule has 1 amide bonds. The van der Waals surface area contributed by atoms with Crippen molar-refractivity contribution in [3.63, 3.8) is 0 Å². The summed E-state index contributed by atoms with van der Waals surface area (Å²) in [4.78, 5) is 13.4. The van der Waals surface area contributed by atoms with Gasteiger partial charge in [0.2, 0.25) is 5.91 Å². The molecule has 3 rings (SSSR count). The van der Waals surface area contributed by atoms with E-state index in [0.29, 0.717) is 17.4 Å². The van der Waals surface area contributed by atoms with Crippen LogP contribution in [0.3, 0.4) is 0 Å². The zero-order valence-corrected chi connectivity index (χ0v) is 23.1. The highest BCUT2D eigenvalue weighted by Crippen LogP contribution is 2.33. The molecule has 198 valence electrons. The van der Waals surface area contributed by atoms with Crippen molar-refractivity contribution in [2.75, 3.05) is 25.1 Å². The van der Waals surface area contributed by atoms with E-state index in [1.54, 1.807) is 18.2 Å². The van der Waals surface area contributed by atoms with Gasteiger partial charge in [0.1, 0.15) is 6.54 Å². The number of nitrogens with zero attached hydrogens (tertiary/aromatic N) is 1. The third-order valence-corrected chi connectivity index (χ3v) is 7.74. The first-order valence-corrected chi connectivity index (χ1v) is 13.7. The van der Waals surface area contributed by atoms with Gasteiger partial charge >= 0.3 is 0 Å². The molecule has 0 aliphatic heterocycles. The first kappa shape index (κ1) is 28.1. The number of sulfonamides is 1. The predicted molar refractivity (Wildman–Crippen MR) is 147 cm³/mol. The summed E-state index contributed by atoms with van der Waals surface area (Å²) in [5, 5.41) is 3.07. The van der Waals surface area contributed by atoms with Crippen molar-refractivity contribution in [3.8, 4) is 11.5 Å². The first-order chi connectivity index (χ1) is 17.5. The van der Waals surface area contributed by atoms with Gasteiger partial charge in [0.25, 0.3) is 10.0 Å². The van der Waals surface area contributed by atoms with Gasteiger partial charge in [0.05, 0.1) is 30.8 Å². The second kappa shape index (κ2) is 12.1. The molecule has 0 heterocycles. The molecule has 0 bridgehead atoms. The molecule has 3 aromatic carbocycles. The Balaban J connectivity index is 2.01. The van der Waals surface area contributed by atoms with Crippen LogP contribution in [-0.2, 0) is 14.8 Å². The summed E-state index contributed by atoms with van der Waals surface area (Å²) in [7, 11) is -1.20. The Labute approximate surface area is 220 Å². The van der Waals surface area contributed by atoms with Gasteiger partial charge in [-0.15, -0.1) is 0 Å². The molecule has 0 unspecified atom stereocenters. The van der Waals surface area contributed by atoms with E-state index in [4.69, 9.17) is 9.47 Å². The highest BCUT2D eigenvalue weighted by Gasteiger charge is 2.29. The topological polar surface area (TPSA) is 84.9 Å². The molecule has 0 saturated carbocycles. The number of benzene rings is 3. The molecule has 3 aromatic rings. The molecule has 1 N–H and O–H groups in total. The van der Waals surface area contributed by atoms with Gasteiger partial charge in [-0.3, -0.25) is 9.10 Å². The first-order valence-electron chi connectivity index (χ1n) is 12.2. The van der Waals surface area contributed by atoms with E-state index in [1.165, 1.54) is 26.4 Å². The van der Waals surface area contributed by atoms with Crippen LogP contribution in [0.15, 0.2) is 71.6 Å². The lowest BCUT2D eigenvalue weighted by Gasteiger charge is -2.27. The summed E-state index contributed by atoms with van der Waals surface area (Å²) in [6.45, 7) is 7.59. The van der Waals surface area contributed by atoms with Gasteiger partial charge in [-0.25, -0.2) is 8.42 Å². The highest BCUT2D eigenvalue weighted by molar-refractivity contribution is 7.92. The number of aryl methyl sites for hydroxylation is 2. The Morgan fingerprint density at radius 2 is 1.51 bits per heavy atom. The number of methoxy groups -OCH3 is 2. The van der Waals surface area contributed by atoms with Gasteiger partial charge in [-0.05, 0) is 67.1 Å². The number of rotatable bonds is 11. The van der Waals surface area contributed by atoms with Crippen molar-refractivity contribution in [3.05, 3.63) is 83.4 Å². The van der Waals surface area contributed by atoms with Gasteiger partial charge in [0.15, 0.2) is 11.5 Å². The molecule has 1 atom stereocenters. The summed E-state index contributed by atoms with van der Waals surface area (Å²) in [6.07, 6.45) is 0.724. The lowest BCUT2D eigenvalue weighted by atomic mass is 9.97. The number of ether oxygens (including phenoxy) is 2. The molecule has 37 heavy (non-hydrogen) atoms. The normalized spacial score (nSPS) is 12.2. The molecule has 7 nitrogen and oxygen atoms in total. The summed E-state index contributed by atoms with van der Waals surface area (Å²) >= 11 is 0. The SMILES string of the molecule is COc1ccc(S(=O)(=O)N(CC(=O)N[C@@H](CC(C)C)c2ccccc2)c2cc(C)cc(C)c2)cc1OC. The van der Waals surface area contributed by atoms with E-state index < -0.39 is 15.9 Å². The van der Waals surface area contributed by atoms with E-state index in [1.807, 2.05) is 50.2 Å². The maximum Gasteiger partial charge on any atom is 0.264 e. The van der Waals surface area contributed by atoms with Crippen LogP contribution in [-0.4, -0.2) is 35.1 Å². The Kier molecular flexibility index (Phi) is 9.21. The van der Waals surface area contributed by atoms with Crippen LogP contribution in [0.5, 0.6) is 11.5 Å². The van der Waals surface area contributed by atoms with Crippen LogP contribution in [0, 0.1) is 19.8 Å². The van der Waals surface area contributed by atoms with Crippen molar-refractivity contribution < 1.29 is 22.7 Å². The smallest absolute Gasteiger partial charge is 0.264 e. The van der Waals surface area contributed by atoms with Gasteiger partial charge in [-0.1, -0.05) is 50.2 Å². The summed E-state index contributed by atoms with van der Waals surface area (Å²) in [5.41, 5.74) is 3.18. The second-order valence-electron chi connectivity index (χ2n) is 9.53. The predicted octanol–water partition coefficient (Wildman–Crippen LogP) is 5.42. The molecule has 8 heteroatoms. The fourth-order valence-electron chi connectivity index (χ4n) is 4.32. The number of carbonyl (C=O) groups excluding carboxylic acids is 1. The lowest BCUT2D eigenvalue weighted by molar-refractivity contribution is -0.120. The third kappa shape index (κ3) is 7.04. The zero-order valence-electron chi connectivity index (χ0n) is 22.3. The van der Waals surface area contributed by atoms with Crippen molar-refractivity contribution in [1.82, 2.24) is 5.32 Å². The minimum Gasteiger partial charge on any atom is -0.493 e. The standard InChI is InChI=1S/C29H36N2O5S/c1-20(2)14-26(23-10-8-7-9-11-23)30-29(32)19-31(24-16-21(3)15-22(4)17-24)37(33,34)25-12-13-27(35-5)28(18-25)36-6/h7-13,15-18,20,26H,14,19H2,1-6H3,(H,30,32)/t26-/m0/s1. The Hall–Kier alpha value is -3.52. The minimum absolute atomic E-state index is 0.00102. The second-order valence-corrected chi connectivity index (χ2v) is 11.4. The average Bonchev–Trinajstić information content (AvgIpc) is 2.86. The van der Waals surface area contributed by atoms with E-state index in [9.17, 15) is 13.2 Å². The molecule has 0 fully saturated rings. The van der Waals surface area contributed by atoms with Gasteiger partial charge in [-0.2, -0.15) is 0 Å².